The smallest absolute Gasteiger partial charge is 0.213 e. The number of halogens is 1. The van der Waals surface area contributed by atoms with Gasteiger partial charge in [-0.1, -0.05) is 18.2 Å². The minimum atomic E-state index is -0.264. The highest BCUT2D eigenvalue weighted by atomic mass is 35.5. The topological polar surface area (TPSA) is 65.0 Å². The summed E-state index contributed by atoms with van der Waals surface area (Å²) in [6.45, 7) is 5.14. The monoisotopic (exact) mass is 289 g/mol. The Balaban J connectivity index is 2.51. The van der Waals surface area contributed by atoms with Gasteiger partial charge in [-0.05, 0) is 13.0 Å². The van der Waals surface area contributed by atoms with E-state index in [1.54, 1.807) is 13.0 Å². The third-order valence-electron chi connectivity index (χ3n) is 2.68. The molecule has 0 N–H and O–H groups in total. The molecule has 5 nitrogen and oxygen atoms in total. The van der Waals surface area contributed by atoms with Crippen LogP contribution in [-0.4, -0.2) is 27.8 Å². The molecule has 0 spiro atoms. The first kappa shape index (κ1) is 14.1. The second kappa shape index (κ2) is 5.79. The van der Waals surface area contributed by atoms with Gasteiger partial charge in [-0.25, -0.2) is 15.0 Å². The molecule has 102 valence electrons. The lowest BCUT2D eigenvalue weighted by Gasteiger charge is -2.07. The lowest BCUT2D eigenvalue weighted by molar-refractivity contribution is 0.104. The zero-order chi connectivity index (χ0) is 14.7. The molecule has 2 aromatic heterocycles. The summed E-state index contributed by atoms with van der Waals surface area (Å²) in [4.78, 5) is 24.0. The number of hydrogen-bond acceptors (Lipinski definition) is 5. The Hall–Kier alpha value is -2.27. The average Bonchev–Trinajstić information content (AvgIpc) is 2.47. The van der Waals surface area contributed by atoms with Gasteiger partial charge in [0.05, 0.1) is 35.9 Å². The van der Waals surface area contributed by atoms with Crippen LogP contribution in [0.4, 0.5) is 0 Å². The maximum absolute atomic E-state index is 11.6. The van der Waals surface area contributed by atoms with Gasteiger partial charge in [0.25, 0.3) is 0 Å². The first-order chi connectivity index (χ1) is 9.56. The fourth-order valence-electron chi connectivity index (χ4n) is 1.68. The van der Waals surface area contributed by atoms with E-state index >= 15 is 0 Å². The van der Waals surface area contributed by atoms with E-state index in [0.29, 0.717) is 27.9 Å². The van der Waals surface area contributed by atoms with Gasteiger partial charge in [0, 0.05) is 11.6 Å². The van der Waals surface area contributed by atoms with Crippen LogP contribution in [-0.2, 0) is 0 Å². The molecule has 6 heteroatoms. The van der Waals surface area contributed by atoms with Crippen LogP contribution in [0.15, 0.2) is 31.1 Å². The summed E-state index contributed by atoms with van der Waals surface area (Å²) < 4.78 is 5.06. The van der Waals surface area contributed by atoms with Gasteiger partial charge in [-0.15, -0.1) is 0 Å². The molecular formula is C14H12ClN3O2. The first-order valence-corrected chi connectivity index (χ1v) is 6.15. The summed E-state index contributed by atoms with van der Waals surface area (Å²) in [5, 5.41) is 0.433. The zero-order valence-corrected chi connectivity index (χ0v) is 11.8. The second-order valence-corrected chi connectivity index (χ2v) is 4.37. The largest absolute Gasteiger partial charge is 0.481 e. The predicted molar refractivity (Wildman–Crippen MR) is 76.1 cm³/mol. The standard InChI is InChI=1S/C14H12ClN3O2/c1-4-12(19)14-8(2)18-11(7-17-14)9-5-13(20-3)16-6-10(9)15/h4-7H,1H2,2-3H3. The van der Waals surface area contributed by atoms with Gasteiger partial charge in [-0.2, -0.15) is 0 Å². The van der Waals surface area contributed by atoms with Crippen molar-refractivity contribution in [2.45, 2.75) is 6.92 Å². The van der Waals surface area contributed by atoms with Crippen molar-refractivity contribution >= 4 is 17.4 Å². The van der Waals surface area contributed by atoms with E-state index < -0.39 is 0 Å². The van der Waals surface area contributed by atoms with Gasteiger partial charge >= 0.3 is 0 Å². The number of carbonyl (C=O) groups excluding carboxylic acids is 1. The molecule has 0 aromatic carbocycles. The molecule has 2 aromatic rings. The fraction of sp³-hybridized carbons (Fsp3) is 0.143. The Morgan fingerprint density at radius 2 is 2.15 bits per heavy atom. The van der Waals surface area contributed by atoms with Crippen molar-refractivity contribution in [1.82, 2.24) is 15.0 Å². The van der Waals surface area contributed by atoms with Crippen molar-refractivity contribution < 1.29 is 9.53 Å². The zero-order valence-electron chi connectivity index (χ0n) is 11.1. The summed E-state index contributed by atoms with van der Waals surface area (Å²) >= 11 is 6.10. The molecule has 2 heterocycles. The molecule has 0 aliphatic carbocycles. The molecule has 0 saturated carbocycles. The van der Waals surface area contributed by atoms with E-state index in [1.807, 2.05) is 0 Å². The highest BCUT2D eigenvalue weighted by Gasteiger charge is 2.13. The molecule has 20 heavy (non-hydrogen) atoms. The summed E-state index contributed by atoms with van der Waals surface area (Å²) in [5.74, 6) is 0.162. The molecule has 0 aliphatic heterocycles. The van der Waals surface area contributed by atoms with Gasteiger partial charge < -0.3 is 4.74 Å². The van der Waals surface area contributed by atoms with Crippen molar-refractivity contribution in [3.8, 4) is 17.1 Å². The third-order valence-corrected chi connectivity index (χ3v) is 2.98. The average molecular weight is 290 g/mol. The number of aromatic nitrogens is 3. The SMILES string of the molecule is C=CC(=O)c1ncc(-c2cc(OC)ncc2Cl)nc1C. The molecule has 0 fully saturated rings. The molecule has 0 amide bonds. The quantitative estimate of drug-likeness (QED) is 0.639. The summed E-state index contributed by atoms with van der Waals surface area (Å²) in [7, 11) is 1.52. The number of aryl methyl sites for hydroxylation is 1. The fourth-order valence-corrected chi connectivity index (χ4v) is 1.88. The molecule has 0 bridgehead atoms. The first-order valence-electron chi connectivity index (χ1n) is 5.77. The lowest BCUT2D eigenvalue weighted by atomic mass is 10.1. The maximum Gasteiger partial charge on any atom is 0.213 e. The van der Waals surface area contributed by atoms with Crippen molar-refractivity contribution in [3.05, 3.63) is 47.5 Å². The minimum absolute atomic E-state index is 0.264. The number of allylic oxidation sites excluding steroid dienone is 1. The summed E-state index contributed by atoms with van der Waals surface area (Å²) in [5.41, 5.74) is 1.99. The molecule has 0 atom stereocenters. The predicted octanol–water partition coefficient (Wildman–Crippen LogP) is 2.88. The molecule has 0 saturated heterocycles. The van der Waals surface area contributed by atoms with Gasteiger partial charge in [-0.3, -0.25) is 4.79 Å². The number of carbonyl (C=O) groups is 1. The van der Waals surface area contributed by atoms with Crippen molar-refractivity contribution in [1.29, 1.82) is 0 Å². The van der Waals surface area contributed by atoms with Crippen LogP contribution in [0.25, 0.3) is 11.3 Å². The summed E-state index contributed by atoms with van der Waals surface area (Å²) in [6, 6.07) is 1.67. The van der Waals surface area contributed by atoms with Crippen LogP contribution in [0, 0.1) is 6.92 Å². The van der Waals surface area contributed by atoms with E-state index in [4.69, 9.17) is 16.3 Å². The molecule has 0 unspecified atom stereocenters. The van der Waals surface area contributed by atoms with E-state index in [1.165, 1.54) is 25.6 Å². The van der Waals surface area contributed by atoms with Crippen molar-refractivity contribution in [2.24, 2.45) is 0 Å². The lowest BCUT2D eigenvalue weighted by Crippen LogP contribution is -2.04. The van der Waals surface area contributed by atoms with E-state index in [0.717, 1.165) is 0 Å². The summed E-state index contributed by atoms with van der Waals surface area (Å²) in [6.07, 6.45) is 4.18. The Morgan fingerprint density at radius 1 is 1.40 bits per heavy atom. The van der Waals surface area contributed by atoms with Crippen LogP contribution in [0.5, 0.6) is 5.88 Å². The molecule has 2 rings (SSSR count). The van der Waals surface area contributed by atoms with Crippen molar-refractivity contribution in [3.63, 3.8) is 0 Å². The normalized spacial score (nSPS) is 10.2. The van der Waals surface area contributed by atoms with Crippen LogP contribution in [0.3, 0.4) is 0 Å². The number of hydrogen-bond donors (Lipinski definition) is 0. The van der Waals surface area contributed by atoms with E-state index in [9.17, 15) is 4.79 Å². The highest BCUT2D eigenvalue weighted by Crippen LogP contribution is 2.28. The van der Waals surface area contributed by atoms with Gasteiger partial charge in [0.2, 0.25) is 11.7 Å². The van der Waals surface area contributed by atoms with Gasteiger partial charge in [0.15, 0.2) is 0 Å². The number of nitrogens with zero attached hydrogens (tertiary/aromatic N) is 3. The second-order valence-electron chi connectivity index (χ2n) is 3.96. The van der Waals surface area contributed by atoms with Crippen LogP contribution >= 0.6 is 11.6 Å². The third kappa shape index (κ3) is 2.67. The minimum Gasteiger partial charge on any atom is -0.481 e. The number of ketones is 1. The maximum atomic E-state index is 11.6. The highest BCUT2D eigenvalue weighted by molar-refractivity contribution is 6.33. The molecule has 0 aliphatic rings. The molecule has 0 radical (unpaired) electrons. The van der Waals surface area contributed by atoms with Gasteiger partial charge in [0.1, 0.15) is 5.69 Å². The Labute approximate surface area is 121 Å². The van der Waals surface area contributed by atoms with Crippen LogP contribution < -0.4 is 4.74 Å². The molecular weight excluding hydrogens is 278 g/mol. The number of ether oxygens (including phenoxy) is 1. The van der Waals surface area contributed by atoms with Crippen LogP contribution in [0.1, 0.15) is 16.2 Å². The van der Waals surface area contributed by atoms with Crippen molar-refractivity contribution in [2.75, 3.05) is 7.11 Å². The number of rotatable bonds is 4. The Kier molecular flexibility index (Phi) is 4.10. The number of methoxy groups -OCH3 is 1. The van der Waals surface area contributed by atoms with E-state index in [2.05, 4.69) is 21.5 Å². The Bertz CT molecular complexity index is 686. The van der Waals surface area contributed by atoms with E-state index in [-0.39, 0.29) is 11.5 Å². The Morgan fingerprint density at radius 3 is 2.75 bits per heavy atom. The number of pyridine rings is 1. The van der Waals surface area contributed by atoms with Crippen LogP contribution in [0.2, 0.25) is 5.02 Å².